The molecule has 86 valence electrons. The van der Waals surface area contributed by atoms with Crippen molar-refractivity contribution in [1.29, 1.82) is 0 Å². The molecule has 0 aromatic carbocycles. The van der Waals surface area contributed by atoms with Crippen molar-refractivity contribution >= 4 is 5.91 Å². The van der Waals surface area contributed by atoms with Crippen LogP contribution in [-0.4, -0.2) is 36.4 Å². The number of hydrogen-bond donors (Lipinski definition) is 2. The van der Waals surface area contributed by atoms with Gasteiger partial charge < -0.3 is 15.2 Å². The van der Waals surface area contributed by atoms with E-state index in [-0.39, 0.29) is 29.4 Å². The normalized spacial score (nSPS) is 37.9. The lowest BCUT2D eigenvalue weighted by Gasteiger charge is -2.43. The van der Waals surface area contributed by atoms with E-state index in [4.69, 9.17) is 9.84 Å². The van der Waals surface area contributed by atoms with Gasteiger partial charge in [0.2, 0.25) is 5.91 Å². The molecule has 2 bridgehead atoms. The summed E-state index contributed by atoms with van der Waals surface area (Å²) < 4.78 is 5.56. The summed E-state index contributed by atoms with van der Waals surface area (Å²) in [4.78, 5) is 11.4. The number of aliphatic hydroxyl groups is 1. The van der Waals surface area contributed by atoms with Crippen molar-refractivity contribution < 1.29 is 14.6 Å². The van der Waals surface area contributed by atoms with E-state index in [2.05, 4.69) is 5.32 Å². The number of carbonyl (C=O) groups is 1. The van der Waals surface area contributed by atoms with Crippen molar-refractivity contribution in [1.82, 2.24) is 5.32 Å². The second-order valence-electron chi connectivity index (χ2n) is 5.36. The number of nitrogens with one attached hydrogen (secondary N) is 1. The molecule has 1 saturated carbocycles. The molecule has 15 heavy (non-hydrogen) atoms. The maximum atomic E-state index is 11.4. The van der Waals surface area contributed by atoms with Crippen molar-refractivity contribution in [3.05, 3.63) is 0 Å². The van der Waals surface area contributed by atoms with Crippen LogP contribution >= 0.6 is 0 Å². The number of aliphatic hydroxyl groups excluding tert-OH is 1. The molecule has 0 unspecified atom stereocenters. The van der Waals surface area contributed by atoms with Crippen LogP contribution in [0.3, 0.4) is 0 Å². The highest BCUT2D eigenvalue weighted by Crippen LogP contribution is 2.57. The molecule has 3 rings (SSSR count). The average Bonchev–Trinajstić information content (AvgIpc) is 2.69. The van der Waals surface area contributed by atoms with Crippen molar-refractivity contribution in [2.75, 3.05) is 19.8 Å². The number of amides is 1. The number of ether oxygens (including phenoxy) is 1. The fourth-order valence-electron chi connectivity index (χ4n) is 2.64. The zero-order valence-electron chi connectivity index (χ0n) is 9.38. The van der Waals surface area contributed by atoms with E-state index in [9.17, 15) is 4.79 Å². The van der Waals surface area contributed by atoms with E-state index in [1.165, 1.54) is 0 Å². The second kappa shape index (κ2) is 3.46. The maximum Gasteiger partial charge on any atom is 0.222 e. The molecule has 3 fully saturated rings. The number of carbonyl (C=O) groups excluding carboxylic acids is 1. The molecule has 2 heterocycles. The van der Waals surface area contributed by atoms with Crippen LogP contribution in [0.4, 0.5) is 0 Å². The summed E-state index contributed by atoms with van der Waals surface area (Å²) >= 11 is 0. The molecule has 0 atom stereocenters. The van der Waals surface area contributed by atoms with E-state index in [0.717, 1.165) is 12.8 Å². The summed E-state index contributed by atoms with van der Waals surface area (Å²) in [5.74, 6) is 0.129. The van der Waals surface area contributed by atoms with E-state index < -0.39 is 0 Å². The monoisotopic (exact) mass is 213 g/mol. The summed E-state index contributed by atoms with van der Waals surface area (Å²) in [5.41, 5.74) is -0.171. The maximum absolute atomic E-state index is 11.4. The molecule has 4 nitrogen and oxygen atoms in total. The molecule has 2 aliphatic heterocycles. The van der Waals surface area contributed by atoms with Gasteiger partial charge in [0.25, 0.3) is 0 Å². The van der Waals surface area contributed by atoms with Gasteiger partial charge in [0.1, 0.15) is 0 Å². The molecule has 2 saturated heterocycles. The van der Waals surface area contributed by atoms with Gasteiger partial charge in [-0.3, -0.25) is 4.79 Å². The Morgan fingerprint density at radius 3 is 2.67 bits per heavy atom. The first-order chi connectivity index (χ1) is 7.01. The van der Waals surface area contributed by atoms with Crippen molar-refractivity contribution in [2.45, 2.75) is 32.3 Å². The number of rotatable bonds is 4. The summed E-state index contributed by atoms with van der Waals surface area (Å²) in [6, 6.07) is 0. The molecule has 0 aromatic rings. The zero-order chi connectivity index (χ0) is 11.1. The molecule has 2 N–H and O–H groups in total. The first-order valence-corrected chi connectivity index (χ1v) is 5.53. The summed E-state index contributed by atoms with van der Waals surface area (Å²) in [6.45, 7) is 5.23. The molecule has 0 radical (unpaired) electrons. The van der Waals surface area contributed by atoms with Gasteiger partial charge in [-0.15, -0.1) is 0 Å². The molecular formula is C11H19NO3. The Bertz CT molecular complexity index is 269. The van der Waals surface area contributed by atoms with Crippen LogP contribution in [0.5, 0.6) is 0 Å². The Labute approximate surface area is 90.0 Å². The average molecular weight is 213 g/mol. The summed E-state index contributed by atoms with van der Waals surface area (Å²) in [7, 11) is 0. The summed E-state index contributed by atoms with van der Waals surface area (Å²) in [6.07, 6.45) is 1.77. The largest absolute Gasteiger partial charge is 0.393 e. The van der Waals surface area contributed by atoms with Crippen molar-refractivity contribution in [2.24, 2.45) is 11.3 Å². The third-order valence-electron chi connectivity index (χ3n) is 3.53. The first kappa shape index (κ1) is 10.9. The molecule has 0 aromatic heterocycles. The number of hydrogen-bond acceptors (Lipinski definition) is 3. The van der Waals surface area contributed by atoms with Crippen molar-refractivity contribution in [3.8, 4) is 0 Å². The standard InChI is InChI=1S/C11H19NO3/c1-8(2)9(14)12-5-10-3-11(4-10,6-13)15-7-10/h8,13H,3-7H2,1-2H3,(H,12,14). The Hall–Kier alpha value is -0.610. The molecular weight excluding hydrogens is 194 g/mol. The van der Waals surface area contributed by atoms with Gasteiger partial charge in [-0.2, -0.15) is 0 Å². The van der Waals surface area contributed by atoms with Crippen molar-refractivity contribution in [3.63, 3.8) is 0 Å². The van der Waals surface area contributed by atoms with E-state index in [0.29, 0.717) is 13.2 Å². The molecule has 0 spiro atoms. The van der Waals surface area contributed by atoms with Gasteiger partial charge in [0.05, 0.1) is 18.8 Å². The molecule has 4 heteroatoms. The van der Waals surface area contributed by atoms with Gasteiger partial charge in [-0.1, -0.05) is 13.8 Å². The Balaban J connectivity index is 1.81. The van der Waals surface area contributed by atoms with Gasteiger partial charge in [0, 0.05) is 17.9 Å². The predicted molar refractivity (Wildman–Crippen MR) is 55.3 cm³/mol. The third-order valence-corrected chi connectivity index (χ3v) is 3.53. The fraction of sp³-hybridized carbons (Fsp3) is 0.909. The van der Waals surface area contributed by atoms with Crippen LogP contribution in [0.1, 0.15) is 26.7 Å². The molecule has 1 amide bonds. The van der Waals surface area contributed by atoms with E-state index in [1.54, 1.807) is 0 Å². The Morgan fingerprint density at radius 2 is 2.20 bits per heavy atom. The molecule has 1 aliphatic carbocycles. The van der Waals surface area contributed by atoms with Crippen LogP contribution in [-0.2, 0) is 9.53 Å². The van der Waals surface area contributed by atoms with Gasteiger partial charge in [-0.25, -0.2) is 0 Å². The van der Waals surface area contributed by atoms with Crippen LogP contribution in [0, 0.1) is 11.3 Å². The van der Waals surface area contributed by atoms with Crippen LogP contribution in [0.25, 0.3) is 0 Å². The number of fused-ring (bicyclic) bond motifs is 1. The highest BCUT2D eigenvalue weighted by Gasteiger charge is 2.61. The topological polar surface area (TPSA) is 58.6 Å². The van der Waals surface area contributed by atoms with Gasteiger partial charge >= 0.3 is 0 Å². The minimum Gasteiger partial charge on any atom is -0.393 e. The lowest BCUT2D eigenvalue weighted by Crippen LogP contribution is -2.52. The quantitative estimate of drug-likeness (QED) is 0.706. The zero-order valence-corrected chi connectivity index (χ0v) is 9.38. The highest BCUT2D eigenvalue weighted by molar-refractivity contribution is 5.77. The third kappa shape index (κ3) is 1.76. The lowest BCUT2D eigenvalue weighted by atomic mass is 9.63. The van der Waals surface area contributed by atoms with E-state index >= 15 is 0 Å². The Kier molecular flexibility index (Phi) is 2.51. The van der Waals surface area contributed by atoms with Gasteiger partial charge in [0.15, 0.2) is 0 Å². The summed E-state index contributed by atoms with van der Waals surface area (Å²) in [5, 5.41) is 12.1. The minimum absolute atomic E-state index is 0.0337. The minimum atomic E-state index is -0.275. The van der Waals surface area contributed by atoms with Crippen LogP contribution in [0.2, 0.25) is 0 Å². The predicted octanol–water partition coefficient (Wildman–Crippen LogP) is 0.300. The first-order valence-electron chi connectivity index (χ1n) is 5.53. The van der Waals surface area contributed by atoms with Gasteiger partial charge in [-0.05, 0) is 12.8 Å². The molecule has 3 aliphatic rings. The second-order valence-corrected chi connectivity index (χ2v) is 5.36. The van der Waals surface area contributed by atoms with Crippen LogP contribution in [0.15, 0.2) is 0 Å². The highest BCUT2D eigenvalue weighted by atomic mass is 16.5. The van der Waals surface area contributed by atoms with E-state index in [1.807, 2.05) is 13.8 Å². The fourth-order valence-corrected chi connectivity index (χ4v) is 2.64. The van der Waals surface area contributed by atoms with Crippen LogP contribution < -0.4 is 5.32 Å². The SMILES string of the molecule is CC(C)C(=O)NCC12COC(CO)(C1)C2. The smallest absolute Gasteiger partial charge is 0.222 e. The Morgan fingerprint density at radius 1 is 1.53 bits per heavy atom. The lowest BCUT2D eigenvalue weighted by molar-refractivity contribution is -0.125.